The predicted octanol–water partition coefficient (Wildman–Crippen LogP) is 1.98. The topological polar surface area (TPSA) is 151 Å². The minimum atomic E-state index is -0.610. The standard InChI is InChI=1S/C21H20N6O4/c1-11-15(10-25-21-17(11)23-8-9-31-21)27-14-6-7-24-19(29)16(14)20(30)26-13-4-2-12(3-5-13)18(22)28/h2-7,10,23H,8-9H2,1H3,(H2,22,28)(H,26,30)(H2,24,27,29). The number of carbonyl (C=O) groups excluding carboxylic acids is 2. The van der Waals surface area contributed by atoms with Crippen LogP contribution in [0.1, 0.15) is 26.3 Å². The number of hydrogen-bond acceptors (Lipinski definition) is 7. The summed E-state index contributed by atoms with van der Waals surface area (Å²) >= 11 is 0. The highest BCUT2D eigenvalue weighted by atomic mass is 16.5. The zero-order valence-corrected chi connectivity index (χ0v) is 16.6. The zero-order valence-electron chi connectivity index (χ0n) is 16.6. The number of primary amides is 1. The molecule has 10 nitrogen and oxygen atoms in total. The molecule has 2 amide bonds. The summed E-state index contributed by atoms with van der Waals surface area (Å²) < 4.78 is 5.53. The smallest absolute Gasteiger partial charge is 0.263 e. The Balaban J connectivity index is 1.62. The summed E-state index contributed by atoms with van der Waals surface area (Å²) in [6, 6.07) is 7.64. The van der Waals surface area contributed by atoms with Gasteiger partial charge in [0.1, 0.15) is 17.9 Å². The highest BCUT2D eigenvalue weighted by Crippen LogP contribution is 2.34. The van der Waals surface area contributed by atoms with Gasteiger partial charge >= 0.3 is 0 Å². The van der Waals surface area contributed by atoms with E-state index in [0.717, 1.165) is 11.3 Å². The van der Waals surface area contributed by atoms with E-state index in [2.05, 4.69) is 25.9 Å². The quantitative estimate of drug-likeness (QED) is 0.423. The minimum absolute atomic E-state index is 0.0946. The van der Waals surface area contributed by atoms with E-state index in [9.17, 15) is 14.4 Å². The molecular weight excluding hydrogens is 400 g/mol. The number of hydrogen-bond donors (Lipinski definition) is 5. The second-order valence-electron chi connectivity index (χ2n) is 6.87. The van der Waals surface area contributed by atoms with E-state index in [1.54, 1.807) is 12.3 Å². The van der Waals surface area contributed by atoms with E-state index in [1.807, 2.05) is 6.92 Å². The highest BCUT2D eigenvalue weighted by Gasteiger charge is 2.20. The first-order chi connectivity index (χ1) is 14.9. The van der Waals surface area contributed by atoms with Crippen LogP contribution in [0.2, 0.25) is 0 Å². The van der Waals surface area contributed by atoms with Gasteiger partial charge in [-0.1, -0.05) is 0 Å². The molecule has 0 atom stereocenters. The number of rotatable bonds is 5. The Morgan fingerprint density at radius 1 is 1.16 bits per heavy atom. The van der Waals surface area contributed by atoms with Gasteiger partial charge in [-0.05, 0) is 37.3 Å². The molecule has 1 aliphatic heterocycles. The Morgan fingerprint density at radius 2 is 1.94 bits per heavy atom. The van der Waals surface area contributed by atoms with Crippen LogP contribution in [-0.4, -0.2) is 34.9 Å². The summed E-state index contributed by atoms with van der Waals surface area (Å²) in [6.07, 6.45) is 3.04. The molecule has 1 aliphatic rings. The summed E-state index contributed by atoms with van der Waals surface area (Å²) in [4.78, 5) is 43.3. The lowest BCUT2D eigenvalue weighted by Crippen LogP contribution is -2.25. The van der Waals surface area contributed by atoms with Crippen LogP contribution in [-0.2, 0) is 0 Å². The number of ether oxygens (including phenoxy) is 1. The van der Waals surface area contributed by atoms with Gasteiger partial charge in [0.15, 0.2) is 0 Å². The van der Waals surface area contributed by atoms with Crippen LogP contribution in [0.5, 0.6) is 5.88 Å². The van der Waals surface area contributed by atoms with Gasteiger partial charge in [-0.2, -0.15) is 0 Å². The predicted molar refractivity (Wildman–Crippen MR) is 116 cm³/mol. The van der Waals surface area contributed by atoms with Crippen LogP contribution < -0.4 is 32.0 Å². The van der Waals surface area contributed by atoms with Crippen molar-refractivity contribution in [2.75, 3.05) is 29.1 Å². The van der Waals surface area contributed by atoms with Gasteiger partial charge in [-0.25, -0.2) is 4.98 Å². The zero-order chi connectivity index (χ0) is 22.0. The van der Waals surface area contributed by atoms with Gasteiger partial charge in [-0.3, -0.25) is 14.4 Å². The Hall–Kier alpha value is -4.34. The molecule has 3 heterocycles. The van der Waals surface area contributed by atoms with Crippen molar-refractivity contribution < 1.29 is 14.3 Å². The monoisotopic (exact) mass is 420 g/mol. The number of fused-ring (bicyclic) bond motifs is 1. The number of amides is 2. The van der Waals surface area contributed by atoms with Crippen molar-refractivity contribution >= 4 is 34.6 Å². The molecule has 0 saturated heterocycles. The van der Waals surface area contributed by atoms with Crippen LogP contribution in [0, 0.1) is 6.92 Å². The van der Waals surface area contributed by atoms with Crippen molar-refractivity contribution in [3.05, 3.63) is 69.8 Å². The highest BCUT2D eigenvalue weighted by molar-refractivity contribution is 6.08. The summed E-state index contributed by atoms with van der Waals surface area (Å²) in [6.45, 7) is 3.08. The lowest BCUT2D eigenvalue weighted by atomic mass is 10.1. The third-order valence-corrected chi connectivity index (χ3v) is 4.83. The van der Waals surface area contributed by atoms with Crippen molar-refractivity contribution in [2.45, 2.75) is 6.92 Å². The van der Waals surface area contributed by atoms with Gasteiger partial charge < -0.3 is 31.4 Å². The average Bonchev–Trinajstić information content (AvgIpc) is 2.76. The van der Waals surface area contributed by atoms with Crippen LogP contribution in [0.25, 0.3) is 0 Å². The maximum atomic E-state index is 12.9. The van der Waals surface area contributed by atoms with E-state index in [4.69, 9.17) is 10.5 Å². The van der Waals surface area contributed by atoms with Crippen molar-refractivity contribution in [1.82, 2.24) is 9.97 Å². The molecule has 3 aromatic rings. The number of benzene rings is 1. The van der Waals surface area contributed by atoms with Gasteiger partial charge in [0.25, 0.3) is 11.5 Å². The summed E-state index contributed by atoms with van der Waals surface area (Å²) in [5.41, 5.74) is 7.86. The molecule has 10 heteroatoms. The van der Waals surface area contributed by atoms with Crippen LogP contribution in [0.3, 0.4) is 0 Å². The molecule has 0 spiro atoms. The molecule has 0 radical (unpaired) electrons. The average molecular weight is 420 g/mol. The molecule has 0 aliphatic carbocycles. The molecule has 6 N–H and O–H groups in total. The Kier molecular flexibility index (Phi) is 5.27. The molecule has 31 heavy (non-hydrogen) atoms. The molecule has 0 bridgehead atoms. The Labute approximate surface area is 176 Å². The number of anilines is 4. The minimum Gasteiger partial charge on any atom is -0.474 e. The number of aromatic nitrogens is 2. The van der Waals surface area contributed by atoms with E-state index < -0.39 is 17.4 Å². The summed E-state index contributed by atoms with van der Waals surface area (Å²) in [5.74, 6) is -0.670. The molecular formula is C21H20N6O4. The maximum absolute atomic E-state index is 12.9. The van der Waals surface area contributed by atoms with E-state index >= 15 is 0 Å². The third-order valence-electron chi connectivity index (χ3n) is 4.83. The normalized spacial score (nSPS) is 12.2. The number of nitrogens with one attached hydrogen (secondary N) is 4. The maximum Gasteiger partial charge on any atom is 0.263 e. The van der Waals surface area contributed by atoms with Gasteiger partial charge in [0.05, 0.1) is 17.6 Å². The van der Waals surface area contributed by atoms with E-state index in [-0.39, 0.29) is 5.56 Å². The molecule has 2 aromatic heterocycles. The Bertz CT molecular complexity index is 1220. The second kappa shape index (κ2) is 8.19. The largest absolute Gasteiger partial charge is 0.474 e. The fourth-order valence-electron chi connectivity index (χ4n) is 3.21. The first kappa shape index (κ1) is 20.0. The fourth-order valence-corrected chi connectivity index (χ4v) is 3.21. The van der Waals surface area contributed by atoms with Gasteiger partial charge in [0.2, 0.25) is 11.8 Å². The number of carbonyl (C=O) groups is 2. The van der Waals surface area contributed by atoms with Crippen LogP contribution in [0.4, 0.5) is 22.7 Å². The van der Waals surface area contributed by atoms with Crippen LogP contribution in [0.15, 0.2) is 47.5 Å². The van der Waals surface area contributed by atoms with Crippen molar-refractivity contribution in [3.63, 3.8) is 0 Å². The second-order valence-corrected chi connectivity index (χ2v) is 6.87. The van der Waals surface area contributed by atoms with Gasteiger partial charge in [-0.15, -0.1) is 0 Å². The molecule has 158 valence electrons. The molecule has 0 fully saturated rings. The molecule has 0 unspecified atom stereocenters. The number of aromatic amines is 1. The molecule has 0 saturated carbocycles. The van der Waals surface area contributed by atoms with Crippen molar-refractivity contribution in [3.8, 4) is 5.88 Å². The Morgan fingerprint density at radius 3 is 2.68 bits per heavy atom. The van der Waals surface area contributed by atoms with E-state index in [1.165, 1.54) is 30.5 Å². The van der Waals surface area contributed by atoms with Crippen molar-refractivity contribution in [2.24, 2.45) is 5.73 Å². The van der Waals surface area contributed by atoms with E-state index in [0.29, 0.717) is 41.7 Å². The first-order valence-corrected chi connectivity index (χ1v) is 9.50. The number of pyridine rings is 2. The molecule has 1 aromatic carbocycles. The van der Waals surface area contributed by atoms with Gasteiger partial charge in [0, 0.05) is 29.6 Å². The number of H-pyrrole nitrogens is 1. The summed E-state index contributed by atoms with van der Waals surface area (Å²) in [5, 5.41) is 9.02. The SMILES string of the molecule is Cc1c(Nc2cc[nH]c(=O)c2C(=O)Nc2ccc(C(N)=O)cc2)cnc2c1NCCO2. The summed E-state index contributed by atoms with van der Waals surface area (Å²) in [7, 11) is 0. The van der Waals surface area contributed by atoms with Crippen molar-refractivity contribution in [1.29, 1.82) is 0 Å². The lowest BCUT2D eigenvalue weighted by molar-refractivity contribution is 0.0998. The van der Waals surface area contributed by atoms with Crippen LogP contribution >= 0.6 is 0 Å². The fraction of sp³-hybridized carbons (Fsp3) is 0.143. The molecule has 4 rings (SSSR count). The number of nitrogens with two attached hydrogens (primary N) is 1. The lowest BCUT2D eigenvalue weighted by Gasteiger charge is -2.22. The number of nitrogens with zero attached hydrogens (tertiary/aromatic N) is 1. The first-order valence-electron chi connectivity index (χ1n) is 9.50. The third kappa shape index (κ3) is 4.04.